The number of nitrogens with zero attached hydrogens (tertiary/aromatic N) is 2. The number of benzene rings is 2. The Hall–Kier alpha value is -3.23. The van der Waals surface area contributed by atoms with Gasteiger partial charge in [0.25, 0.3) is 5.69 Å². The predicted molar refractivity (Wildman–Crippen MR) is 104 cm³/mol. The van der Waals surface area contributed by atoms with Crippen molar-refractivity contribution in [2.75, 3.05) is 33.2 Å². The number of allylic oxidation sites excluding steroid dienone is 1. The van der Waals surface area contributed by atoms with Crippen LogP contribution in [0.4, 0.5) is 5.69 Å². The quantitative estimate of drug-likeness (QED) is 0.463. The number of hydrogen-bond donors (Lipinski definition) is 1. The van der Waals surface area contributed by atoms with E-state index in [0.29, 0.717) is 29.0 Å². The lowest BCUT2D eigenvalue weighted by Gasteiger charge is -2.30. The summed E-state index contributed by atoms with van der Waals surface area (Å²) < 4.78 is 5.83. The number of carbonyl (C=O) groups is 1. The highest BCUT2D eigenvalue weighted by molar-refractivity contribution is 6.14. The second-order valence-corrected chi connectivity index (χ2v) is 7.44. The lowest BCUT2D eigenvalue weighted by atomic mass is 10.0. The predicted octanol–water partition coefficient (Wildman–Crippen LogP) is 0.615. The highest BCUT2D eigenvalue weighted by atomic mass is 16.6. The maximum Gasteiger partial charge on any atom is 0.269 e. The Labute approximate surface area is 167 Å². The van der Waals surface area contributed by atoms with Crippen LogP contribution < -0.4 is 14.7 Å². The summed E-state index contributed by atoms with van der Waals surface area (Å²) in [5.74, 6) is 0.0590. The van der Waals surface area contributed by atoms with E-state index in [1.807, 2.05) is 0 Å². The monoisotopic (exact) mass is 395 g/mol. The molecule has 0 atom stereocenters. The zero-order chi connectivity index (χ0) is 20.5. The molecule has 2 aliphatic rings. The van der Waals surface area contributed by atoms with E-state index in [4.69, 9.17) is 4.74 Å². The van der Waals surface area contributed by atoms with E-state index >= 15 is 0 Å². The lowest BCUT2D eigenvalue weighted by molar-refractivity contribution is -0.918. The van der Waals surface area contributed by atoms with Crippen LogP contribution in [0.5, 0.6) is 11.5 Å². The van der Waals surface area contributed by atoms with Crippen molar-refractivity contribution in [3.63, 3.8) is 0 Å². The zero-order valence-electron chi connectivity index (χ0n) is 16.0. The van der Waals surface area contributed by atoms with Crippen molar-refractivity contribution in [2.24, 2.45) is 0 Å². The minimum absolute atomic E-state index is 0.0254. The summed E-state index contributed by atoms with van der Waals surface area (Å²) in [4.78, 5) is 26.6. The number of quaternary nitrogens is 1. The first kappa shape index (κ1) is 19.1. The van der Waals surface area contributed by atoms with Crippen molar-refractivity contribution in [3.05, 3.63) is 69.0 Å². The molecule has 8 nitrogen and oxygen atoms in total. The maximum atomic E-state index is 12.8. The summed E-state index contributed by atoms with van der Waals surface area (Å²) in [6.45, 7) is 4.30. The molecule has 2 aromatic rings. The van der Waals surface area contributed by atoms with Gasteiger partial charge in [0.1, 0.15) is 12.3 Å². The van der Waals surface area contributed by atoms with Crippen LogP contribution in [-0.2, 0) is 6.54 Å². The van der Waals surface area contributed by atoms with Crippen LogP contribution in [0.2, 0.25) is 0 Å². The van der Waals surface area contributed by atoms with Crippen LogP contribution in [0.15, 0.2) is 42.2 Å². The molecule has 2 heterocycles. The molecule has 0 radical (unpaired) electrons. The van der Waals surface area contributed by atoms with Crippen LogP contribution >= 0.6 is 0 Å². The van der Waals surface area contributed by atoms with Gasteiger partial charge >= 0.3 is 0 Å². The van der Waals surface area contributed by atoms with Crippen LogP contribution in [0.25, 0.3) is 6.08 Å². The molecule has 2 aliphatic heterocycles. The van der Waals surface area contributed by atoms with E-state index in [2.05, 4.69) is 11.9 Å². The molecule has 29 heavy (non-hydrogen) atoms. The van der Waals surface area contributed by atoms with Gasteiger partial charge in [-0.15, -0.1) is 0 Å². The number of nitro groups is 1. The number of non-ortho nitro benzene ring substituents is 1. The normalized spacial score (nSPS) is 18.7. The van der Waals surface area contributed by atoms with Crippen LogP contribution in [0.3, 0.4) is 0 Å². The van der Waals surface area contributed by atoms with Crippen molar-refractivity contribution >= 4 is 17.5 Å². The fraction of sp³-hybridized carbons (Fsp3) is 0.286. The van der Waals surface area contributed by atoms with Gasteiger partial charge in [-0.25, -0.2) is 0 Å². The Kier molecular flexibility index (Phi) is 5.04. The Balaban J connectivity index is 1.59. The lowest BCUT2D eigenvalue weighted by Crippen LogP contribution is -3.13. The number of carbonyl (C=O) groups excluding carboxylic acids is 1. The van der Waals surface area contributed by atoms with E-state index in [1.165, 1.54) is 29.2 Å². The van der Waals surface area contributed by atoms with Crippen molar-refractivity contribution < 1.29 is 24.5 Å². The summed E-state index contributed by atoms with van der Waals surface area (Å²) in [5, 5.41) is 23.3. The number of piperazine rings is 1. The van der Waals surface area contributed by atoms with Gasteiger partial charge < -0.3 is 14.7 Å². The number of rotatable bonds is 4. The Morgan fingerprint density at radius 3 is 2.52 bits per heavy atom. The van der Waals surface area contributed by atoms with Crippen molar-refractivity contribution in [3.8, 4) is 11.5 Å². The molecule has 0 aromatic heterocycles. The summed E-state index contributed by atoms with van der Waals surface area (Å²) in [7, 11) is 2.08. The summed E-state index contributed by atoms with van der Waals surface area (Å²) in [6, 6.07) is 8.80. The van der Waals surface area contributed by atoms with Crippen molar-refractivity contribution in [1.82, 2.24) is 4.90 Å². The van der Waals surface area contributed by atoms with Crippen LogP contribution in [0, 0.1) is 10.1 Å². The summed E-state index contributed by atoms with van der Waals surface area (Å²) in [6.07, 6.45) is 1.54. The molecule has 1 N–H and O–H groups in total. The third-order valence-electron chi connectivity index (χ3n) is 5.42. The van der Waals surface area contributed by atoms with Gasteiger partial charge in [-0.2, -0.15) is 0 Å². The molecule has 2 aromatic carbocycles. The van der Waals surface area contributed by atoms with Gasteiger partial charge in [-0.3, -0.25) is 19.8 Å². The first-order chi connectivity index (χ1) is 13.9. The number of ether oxygens (including phenoxy) is 1. The Morgan fingerprint density at radius 1 is 1.17 bits per heavy atom. The zero-order valence-corrected chi connectivity index (χ0v) is 16.0. The van der Waals surface area contributed by atoms with Crippen molar-refractivity contribution in [1.29, 1.82) is 0 Å². The largest absolute Gasteiger partial charge is 0.872 e. The molecule has 0 aliphatic carbocycles. The fourth-order valence-electron chi connectivity index (χ4n) is 3.66. The third kappa shape index (κ3) is 3.85. The van der Waals surface area contributed by atoms with Gasteiger partial charge in [-0.1, -0.05) is 11.8 Å². The number of Topliss-reactive ketones (excluding diaryl/α,β-unsaturated/α-hetero) is 1. The first-order valence-electron chi connectivity index (χ1n) is 9.46. The van der Waals surface area contributed by atoms with Gasteiger partial charge in [0.05, 0.1) is 23.6 Å². The molecule has 1 fully saturated rings. The number of nitrogens with one attached hydrogen (secondary N) is 1. The molecule has 0 spiro atoms. The first-order valence-corrected chi connectivity index (χ1v) is 9.46. The molecule has 150 valence electrons. The molecule has 1 saturated heterocycles. The second kappa shape index (κ2) is 7.65. The number of ketones is 1. The second-order valence-electron chi connectivity index (χ2n) is 7.44. The van der Waals surface area contributed by atoms with E-state index in [-0.39, 0.29) is 23.0 Å². The fourth-order valence-corrected chi connectivity index (χ4v) is 3.66. The molecule has 8 heteroatoms. The summed E-state index contributed by atoms with van der Waals surface area (Å²) in [5.41, 5.74) is 1.51. The molecular weight excluding hydrogens is 374 g/mol. The number of fused-ring (bicyclic) bond motifs is 1. The Morgan fingerprint density at radius 2 is 1.86 bits per heavy atom. The highest BCUT2D eigenvalue weighted by Gasteiger charge is 2.31. The smallest absolute Gasteiger partial charge is 0.269 e. The average Bonchev–Trinajstić information content (AvgIpc) is 3.02. The minimum atomic E-state index is -0.479. The van der Waals surface area contributed by atoms with Gasteiger partial charge in [-0.05, 0) is 36.9 Å². The molecule has 0 unspecified atom stereocenters. The summed E-state index contributed by atoms with van der Waals surface area (Å²) >= 11 is 0. The maximum absolute atomic E-state index is 12.8. The van der Waals surface area contributed by atoms with E-state index in [1.54, 1.807) is 18.2 Å². The third-order valence-corrected chi connectivity index (χ3v) is 5.42. The standard InChI is InChI=1S/C21H21N3O5/c1-22-8-10-23(11-9-22)13-17-18(25)7-6-16-20(26)19(29-21(16)17)12-14-2-4-15(5-3-14)24(27)28/h2-7,12,25H,8-11,13H2,1H3/b19-12-. The molecule has 0 bridgehead atoms. The molecule has 4 rings (SSSR count). The topological polar surface area (TPSA) is 100 Å². The van der Waals surface area contributed by atoms with Gasteiger partial charge in [0, 0.05) is 30.8 Å². The molecule has 0 saturated carbocycles. The average molecular weight is 395 g/mol. The highest BCUT2D eigenvalue weighted by Crippen LogP contribution is 2.38. The van der Waals surface area contributed by atoms with Crippen LogP contribution in [0.1, 0.15) is 21.5 Å². The SMILES string of the molecule is CN1CC[NH+](Cc2c([O-])ccc3c2O/C(=C\c2ccc([N+](=O)[O-])cc2)C3=O)CC1. The van der Waals surface area contributed by atoms with E-state index in [0.717, 1.165) is 26.2 Å². The molecule has 0 amide bonds. The number of likely N-dealkylation sites (N-methyl/N-ethyl adjacent to an activating group) is 1. The number of hydrogen-bond acceptors (Lipinski definition) is 6. The van der Waals surface area contributed by atoms with Gasteiger partial charge in [0.2, 0.25) is 5.78 Å². The van der Waals surface area contributed by atoms with E-state index < -0.39 is 4.92 Å². The minimum Gasteiger partial charge on any atom is -0.872 e. The Bertz CT molecular complexity index is 992. The van der Waals surface area contributed by atoms with E-state index in [9.17, 15) is 20.0 Å². The van der Waals surface area contributed by atoms with Gasteiger partial charge in [0.15, 0.2) is 5.76 Å². The number of nitro benzene ring substituents is 1. The molecular formula is C21H21N3O5. The van der Waals surface area contributed by atoms with Crippen molar-refractivity contribution in [2.45, 2.75) is 6.54 Å². The van der Waals surface area contributed by atoms with Crippen LogP contribution in [-0.4, -0.2) is 48.8 Å².